The molecule has 2 aromatic carbocycles. The van der Waals surface area contributed by atoms with Gasteiger partial charge in [-0.3, -0.25) is 9.00 Å². The first-order valence-corrected chi connectivity index (χ1v) is 6.81. The van der Waals surface area contributed by atoms with Crippen molar-refractivity contribution in [3.8, 4) is 0 Å². The maximum absolute atomic E-state index is 13.4. The van der Waals surface area contributed by atoms with E-state index in [1.165, 1.54) is 0 Å². The Morgan fingerprint density at radius 2 is 1.74 bits per heavy atom. The van der Waals surface area contributed by atoms with Gasteiger partial charge in [0.25, 0.3) is 0 Å². The van der Waals surface area contributed by atoms with Crippen LogP contribution in [0.25, 0.3) is 0 Å². The molecule has 2 nitrogen and oxygen atoms in total. The van der Waals surface area contributed by atoms with E-state index in [-0.39, 0.29) is 16.4 Å². The van der Waals surface area contributed by atoms with E-state index < -0.39 is 22.4 Å². The van der Waals surface area contributed by atoms with Gasteiger partial charge in [-0.1, -0.05) is 30.3 Å². The Morgan fingerprint density at radius 3 is 2.37 bits per heavy atom. The molecule has 1 unspecified atom stereocenters. The van der Waals surface area contributed by atoms with Crippen LogP contribution in [0.1, 0.15) is 10.4 Å². The molecule has 0 N–H and O–H groups in total. The van der Waals surface area contributed by atoms with Crippen LogP contribution in [0.4, 0.5) is 8.78 Å². The van der Waals surface area contributed by atoms with Gasteiger partial charge in [-0.05, 0) is 12.1 Å². The highest BCUT2D eigenvalue weighted by atomic mass is 32.2. The molecule has 1 atom stereocenters. The van der Waals surface area contributed by atoms with Crippen molar-refractivity contribution in [2.75, 3.05) is 5.75 Å². The van der Waals surface area contributed by atoms with E-state index >= 15 is 0 Å². The van der Waals surface area contributed by atoms with Gasteiger partial charge in [-0.25, -0.2) is 8.78 Å². The number of ketones is 1. The Kier molecular flexibility index (Phi) is 4.16. The molecule has 0 aliphatic rings. The van der Waals surface area contributed by atoms with E-state index in [0.29, 0.717) is 11.6 Å². The Morgan fingerprint density at radius 1 is 1.05 bits per heavy atom. The highest BCUT2D eigenvalue weighted by Crippen LogP contribution is 2.15. The molecule has 0 aliphatic carbocycles. The zero-order valence-corrected chi connectivity index (χ0v) is 10.6. The van der Waals surface area contributed by atoms with Gasteiger partial charge < -0.3 is 0 Å². The monoisotopic (exact) mass is 280 g/mol. The maximum Gasteiger partial charge on any atom is 0.175 e. The zero-order valence-electron chi connectivity index (χ0n) is 9.81. The molecule has 0 saturated heterocycles. The van der Waals surface area contributed by atoms with E-state index in [1.807, 2.05) is 0 Å². The van der Waals surface area contributed by atoms with Crippen molar-refractivity contribution in [2.24, 2.45) is 0 Å². The van der Waals surface area contributed by atoms with Gasteiger partial charge >= 0.3 is 0 Å². The zero-order chi connectivity index (χ0) is 13.8. The largest absolute Gasteiger partial charge is 0.293 e. The second-order valence-corrected chi connectivity index (χ2v) is 5.27. The fourth-order valence-corrected chi connectivity index (χ4v) is 2.62. The number of rotatable bonds is 4. The Labute approximate surface area is 111 Å². The molecule has 0 bridgehead atoms. The summed E-state index contributed by atoms with van der Waals surface area (Å²) in [7, 11) is -1.83. The van der Waals surface area contributed by atoms with Crippen molar-refractivity contribution in [3.05, 3.63) is 65.7 Å². The normalized spacial score (nSPS) is 12.1. The van der Waals surface area contributed by atoms with Crippen molar-refractivity contribution in [1.82, 2.24) is 0 Å². The van der Waals surface area contributed by atoms with Gasteiger partial charge in [0.15, 0.2) is 5.78 Å². The molecular formula is C14H10F2O2S. The average Bonchev–Trinajstić information content (AvgIpc) is 2.39. The molecule has 0 saturated carbocycles. The van der Waals surface area contributed by atoms with Crippen molar-refractivity contribution in [1.29, 1.82) is 0 Å². The first kappa shape index (κ1) is 13.5. The minimum atomic E-state index is -1.83. The number of benzene rings is 2. The first-order valence-electron chi connectivity index (χ1n) is 5.49. The molecular weight excluding hydrogens is 270 g/mol. The molecule has 0 fully saturated rings. The average molecular weight is 280 g/mol. The highest BCUT2D eigenvalue weighted by molar-refractivity contribution is 7.85. The van der Waals surface area contributed by atoms with Crippen LogP contribution in [0.5, 0.6) is 0 Å². The highest BCUT2D eigenvalue weighted by Gasteiger charge is 2.15. The minimum absolute atomic E-state index is 0.161. The van der Waals surface area contributed by atoms with Crippen LogP contribution in [-0.2, 0) is 10.8 Å². The Hall–Kier alpha value is -1.88. The smallest absolute Gasteiger partial charge is 0.175 e. The molecule has 0 amide bonds. The number of carbonyl (C=O) groups is 1. The molecule has 0 heterocycles. The summed E-state index contributed by atoms with van der Waals surface area (Å²) >= 11 is 0. The van der Waals surface area contributed by atoms with Crippen LogP contribution < -0.4 is 0 Å². The quantitative estimate of drug-likeness (QED) is 0.807. The summed E-state index contributed by atoms with van der Waals surface area (Å²) < 4.78 is 38.0. The molecule has 0 radical (unpaired) electrons. The second kappa shape index (κ2) is 5.84. The summed E-state index contributed by atoms with van der Waals surface area (Å²) in [6, 6.07) is 11.1. The Bertz CT molecular complexity index is 627. The molecule has 0 aromatic heterocycles. The lowest BCUT2D eigenvalue weighted by atomic mass is 10.2. The van der Waals surface area contributed by atoms with E-state index in [2.05, 4.69) is 0 Å². The third-order valence-electron chi connectivity index (χ3n) is 2.50. The lowest BCUT2D eigenvalue weighted by molar-refractivity contribution is 0.102. The number of Topliss-reactive ketones (excluding diaryl/α,β-unsaturated/α-hetero) is 1. The minimum Gasteiger partial charge on any atom is -0.293 e. The van der Waals surface area contributed by atoms with Crippen LogP contribution in [0.15, 0.2) is 53.4 Å². The van der Waals surface area contributed by atoms with Crippen LogP contribution >= 0.6 is 0 Å². The van der Waals surface area contributed by atoms with Crippen LogP contribution in [0.3, 0.4) is 0 Å². The second-order valence-electron chi connectivity index (χ2n) is 3.85. The third kappa shape index (κ3) is 3.32. The van der Waals surface area contributed by atoms with Gasteiger partial charge in [0.1, 0.15) is 11.6 Å². The first-order chi connectivity index (χ1) is 9.08. The molecule has 19 heavy (non-hydrogen) atoms. The lowest BCUT2D eigenvalue weighted by Crippen LogP contribution is -2.12. The van der Waals surface area contributed by atoms with Crippen molar-refractivity contribution >= 4 is 16.6 Å². The van der Waals surface area contributed by atoms with Crippen LogP contribution in [0, 0.1) is 11.6 Å². The molecule has 2 aromatic rings. The van der Waals surface area contributed by atoms with Gasteiger partial charge in [0.2, 0.25) is 0 Å². The van der Waals surface area contributed by atoms with Crippen molar-refractivity contribution in [3.63, 3.8) is 0 Å². The lowest BCUT2D eigenvalue weighted by Gasteiger charge is -2.03. The van der Waals surface area contributed by atoms with Gasteiger partial charge in [-0.2, -0.15) is 0 Å². The van der Waals surface area contributed by atoms with E-state index in [4.69, 9.17) is 0 Å². The fourth-order valence-electron chi connectivity index (χ4n) is 1.56. The van der Waals surface area contributed by atoms with Gasteiger partial charge in [-0.15, -0.1) is 0 Å². The Balaban J connectivity index is 2.15. The molecule has 0 spiro atoms. The molecule has 98 valence electrons. The molecule has 2 rings (SSSR count). The van der Waals surface area contributed by atoms with E-state index in [0.717, 1.165) is 12.1 Å². The topological polar surface area (TPSA) is 34.1 Å². The number of halogens is 2. The number of carbonyl (C=O) groups excluding carboxylic acids is 1. The number of hydrogen-bond donors (Lipinski definition) is 0. The molecule has 0 aliphatic heterocycles. The summed E-state index contributed by atoms with van der Waals surface area (Å²) in [5.41, 5.74) is 0.415. The van der Waals surface area contributed by atoms with Gasteiger partial charge in [0, 0.05) is 11.6 Å². The fraction of sp³-hybridized carbons (Fsp3) is 0.0714. The van der Waals surface area contributed by atoms with Gasteiger partial charge in [0.05, 0.1) is 21.4 Å². The van der Waals surface area contributed by atoms with E-state index in [1.54, 1.807) is 30.3 Å². The standard InChI is InChI=1S/C14H10F2O2S/c15-11-6-7-14(12(16)8-11)19(18)9-13(17)10-4-2-1-3-5-10/h1-8H,9H2. The summed E-state index contributed by atoms with van der Waals surface area (Å²) in [4.78, 5) is 11.7. The van der Waals surface area contributed by atoms with Crippen LogP contribution in [-0.4, -0.2) is 15.7 Å². The summed E-state index contributed by atoms with van der Waals surface area (Å²) in [6.07, 6.45) is 0. The van der Waals surface area contributed by atoms with Crippen molar-refractivity contribution in [2.45, 2.75) is 4.90 Å². The van der Waals surface area contributed by atoms with E-state index in [9.17, 15) is 17.8 Å². The van der Waals surface area contributed by atoms with Crippen LogP contribution in [0.2, 0.25) is 0 Å². The number of hydrogen-bond acceptors (Lipinski definition) is 2. The SMILES string of the molecule is O=C(CS(=O)c1ccc(F)cc1F)c1ccccc1. The third-order valence-corrected chi connectivity index (χ3v) is 3.84. The summed E-state index contributed by atoms with van der Waals surface area (Å²) in [5, 5.41) is 0. The summed E-state index contributed by atoms with van der Waals surface area (Å²) in [5.74, 6) is -2.32. The van der Waals surface area contributed by atoms with Crippen molar-refractivity contribution < 1.29 is 17.8 Å². The predicted octanol–water partition coefficient (Wildman–Crippen LogP) is 2.96. The predicted molar refractivity (Wildman–Crippen MR) is 68.4 cm³/mol. The summed E-state index contributed by atoms with van der Waals surface area (Å²) in [6.45, 7) is 0. The molecule has 5 heteroatoms. The maximum atomic E-state index is 13.4.